The quantitative estimate of drug-likeness (QED) is 0.806. The van der Waals surface area contributed by atoms with Crippen LogP contribution in [0.3, 0.4) is 0 Å². The first-order valence-corrected chi connectivity index (χ1v) is 10.0. The lowest BCUT2D eigenvalue weighted by atomic mass is 9.98. The molecular weight excluding hydrogens is 352 g/mol. The van der Waals surface area contributed by atoms with Gasteiger partial charge in [-0.3, -0.25) is 0 Å². The van der Waals surface area contributed by atoms with Crippen molar-refractivity contribution in [2.24, 2.45) is 5.10 Å². The average Bonchev–Trinajstić information content (AvgIpc) is 3.07. The molecule has 6 nitrogen and oxygen atoms in total. The van der Waals surface area contributed by atoms with E-state index < -0.39 is 10.0 Å². The van der Waals surface area contributed by atoms with Gasteiger partial charge in [0.15, 0.2) is 11.5 Å². The fraction of sp³-hybridized carbons (Fsp3) is 0.316. The minimum Gasteiger partial charge on any atom is -0.493 e. The Morgan fingerprint density at radius 2 is 1.69 bits per heavy atom. The molecule has 0 fully saturated rings. The fourth-order valence-corrected chi connectivity index (χ4v) is 3.93. The van der Waals surface area contributed by atoms with Crippen LogP contribution in [0.15, 0.2) is 47.6 Å². The molecule has 0 saturated carbocycles. The largest absolute Gasteiger partial charge is 0.493 e. The number of hydrogen-bond acceptors (Lipinski definition) is 5. The number of rotatable bonds is 5. The molecule has 1 aliphatic rings. The van der Waals surface area contributed by atoms with Gasteiger partial charge in [0.05, 0.1) is 32.2 Å². The van der Waals surface area contributed by atoms with Gasteiger partial charge in [-0.2, -0.15) is 9.52 Å². The molecule has 26 heavy (non-hydrogen) atoms. The van der Waals surface area contributed by atoms with Crippen molar-refractivity contribution in [3.63, 3.8) is 0 Å². The molecule has 0 spiro atoms. The van der Waals surface area contributed by atoms with Crippen molar-refractivity contribution in [2.75, 3.05) is 20.5 Å². The number of hydrazone groups is 1. The van der Waals surface area contributed by atoms with Crippen LogP contribution in [-0.4, -0.2) is 39.0 Å². The predicted octanol–water partition coefficient (Wildman–Crippen LogP) is 3.12. The number of methoxy groups -OCH3 is 2. The molecule has 0 aliphatic carbocycles. The SMILES string of the molecule is COc1ccc(C2=NN(S(C)(=O)=O)[C@@H](c3ccc(C)cc3)C2)cc1OC. The predicted molar refractivity (Wildman–Crippen MR) is 101 cm³/mol. The molecule has 0 amide bonds. The van der Waals surface area contributed by atoms with Gasteiger partial charge in [-0.25, -0.2) is 8.42 Å². The summed E-state index contributed by atoms with van der Waals surface area (Å²) < 4.78 is 36.3. The van der Waals surface area contributed by atoms with Crippen LogP contribution in [0.1, 0.15) is 29.2 Å². The second kappa shape index (κ2) is 6.99. The first-order chi connectivity index (χ1) is 12.3. The molecule has 0 aromatic heterocycles. The van der Waals surface area contributed by atoms with E-state index >= 15 is 0 Å². The Balaban J connectivity index is 2.00. The van der Waals surface area contributed by atoms with Crippen LogP contribution in [0.5, 0.6) is 11.5 Å². The van der Waals surface area contributed by atoms with Crippen LogP contribution >= 0.6 is 0 Å². The number of nitrogens with zero attached hydrogens (tertiary/aromatic N) is 2. The van der Waals surface area contributed by atoms with Crippen molar-refractivity contribution in [3.05, 3.63) is 59.2 Å². The molecule has 0 bridgehead atoms. The molecule has 0 unspecified atom stereocenters. The molecule has 0 saturated heterocycles. The maximum absolute atomic E-state index is 12.3. The third kappa shape index (κ3) is 3.53. The van der Waals surface area contributed by atoms with E-state index in [1.165, 1.54) is 10.7 Å². The number of sulfonamides is 1. The van der Waals surface area contributed by atoms with E-state index in [2.05, 4.69) is 5.10 Å². The summed E-state index contributed by atoms with van der Waals surface area (Å²) in [5.41, 5.74) is 3.55. The van der Waals surface area contributed by atoms with Crippen molar-refractivity contribution in [1.82, 2.24) is 4.41 Å². The molecule has 7 heteroatoms. The van der Waals surface area contributed by atoms with Crippen molar-refractivity contribution in [3.8, 4) is 11.5 Å². The van der Waals surface area contributed by atoms with Gasteiger partial charge in [0.1, 0.15) is 0 Å². The van der Waals surface area contributed by atoms with Gasteiger partial charge >= 0.3 is 0 Å². The molecule has 0 N–H and O–H groups in total. The van der Waals surface area contributed by atoms with Gasteiger partial charge in [0.25, 0.3) is 0 Å². The average molecular weight is 374 g/mol. The second-order valence-corrected chi connectivity index (χ2v) is 8.12. The molecular formula is C19H22N2O4S. The van der Waals surface area contributed by atoms with E-state index in [1.54, 1.807) is 20.3 Å². The highest BCUT2D eigenvalue weighted by Gasteiger charge is 2.34. The first-order valence-electron chi connectivity index (χ1n) is 8.19. The number of hydrogen-bond donors (Lipinski definition) is 0. The van der Waals surface area contributed by atoms with Crippen molar-refractivity contribution < 1.29 is 17.9 Å². The lowest BCUT2D eigenvalue weighted by Crippen LogP contribution is -2.25. The van der Waals surface area contributed by atoms with Gasteiger partial charge in [-0.1, -0.05) is 29.8 Å². The Hall–Kier alpha value is -2.54. The van der Waals surface area contributed by atoms with Gasteiger partial charge in [-0.15, -0.1) is 0 Å². The van der Waals surface area contributed by atoms with Crippen LogP contribution in [0, 0.1) is 6.92 Å². The highest BCUT2D eigenvalue weighted by molar-refractivity contribution is 7.88. The zero-order chi connectivity index (χ0) is 18.9. The molecule has 3 rings (SSSR count). The lowest BCUT2D eigenvalue weighted by molar-refractivity contribution is 0.355. The van der Waals surface area contributed by atoms with Gasteiger partial charge in [0.2, 0.25) is 10.0 Å². The first kappa shape index (κ1) is 18.3. The standard InChI is InChI=1S/C19H22N2O4S/c1-13-5-7-14(8-6-13)17-12-16(20-21(17)26(4,22)23)15-9-10-18(24-2)19(11-15)25-3/h5-11,17H,12H2,1-4H3/t17-/m1/s1. The van der Waals surface area contributed by atoms with Crippen LogP contribution in [-0.2, 0) is 10.0 Å². The minimum absolute atomic E-state index is 0.353. The molecule has 2 aromatic rings. The fourth-order valence-electron chi connectivity index (χ4n) is 3.02. The molecule has 1 heterocycles. The zero-order valence-electron chi connectivity index (χ0n) is 15.3. The highest BCUT2D eigenvalue weighted by Crippen LogP contribution is 2.36. The number of aryl methyl sites for hydroxylation is 1. The summed E-state index contributed by atoms with van der Waals surface area (Å²) in [5, 5.41) is 4.41. The van der Waals surface area contributed by atoms with E-state index in [-0.39, 0.29) is 6.04 Å². The third-order valence-electron chi connectivity index (χ3n) is 4.39. The number of benzene rings is 2. The summed E-state index contributed by atoms with van der Waals surface area (Å²) in [6, 6.07) is 13.0. The molecule has 2 aromatic carbocycles. The monoisotopic (exact) mass is 374 g/mol. The Morgan fingerprint density at radius 3 is 2.27 bits per heavy atom. The summed E-state index contributed by atoms with van der Waals surface area (Å²) in [4.78, 5) is 0. The van der Waals surface area contributed by atoms with Gasteiger partial charge in [0, 0.05) is 12.0 Å². The van der Waals surface area contributed by atoms with E-state index in [0.717, 1.165) is 16.7 Å². The summed E-state index contributed by atoms with van der Waals surface area (Å²) >= 11 is 0. The zero-order valence-corrected chi connectivity index (χ0v) is 16.1. The summed E-state index contributed by atoms with van der Waals surface area (Å²) in [6.45, 7) is 2.00. The smallest absolute Gasteiger partial charge is 0.247 e. The normalized spacial score (nSPS) is 17.2. The van der Waals surface area contributed by atoms with Crippen molar-refractivity contribution in [2.45, 2.75) is 19.4 Å². The van der Waals surface area contributed by atoms with E-state index in [9.17, 15) is 8.42 Å². The van der Waals surface area contributed by atoms with E-state index in [0.29, 0.717) is 23.6 Å². The molecule has 138 valence electrons. The molecule has 1 aliphatic heterocycles. The highest BCUT2D eigenvalue weighted by atomic mass is 32.2. The van der Waals surface area contributed by atoms with E-state index in [1.807, 2.05) is 43.3 Å². The number of ether oxygens (including phenoxy) is 2. The van der Waals surface area contributed by atoms with Crippen LogP contribution in [0.2, 0.25) is 0 Å². The summed E-state index contributed by atoms with van der Waals surface area (Å²) in [6.07, 6.45) is 1.67. The topological polar surface area (TPSA) is 68.2 Å². The molecule has 0 radical (unpaired) electrons. The third-order valence-corrected chi connectivity index (χ3v) is 5.41. The second-order valence-electron chi connectivity index (χ2n) is 6.28. The Kier molecular flexibility index (Phi) is 4.91. The molecule has 1 atom stereocenters. The maximum Gasteiger partial charge on any atom is 0.247 e. The van der Waals surface area contributed by atoms with Crippen LogP contribution in [0.25, 0.3) is 0 Å². The Labute approximate surface area is 154 Å². The van der Waals surface area contributed by atoms with Crippen molar-refractivity contribution in [1.29, 1.82) is 0 Å². The summed E-state index contributed by atoms with van der Waals surface area (Å²) in [5.74, 6) is 1.20. The van der Waals surface area contributed by atoms with Crippen molar-refractivity contribution >= 4 is 15.7 Å². The van der Waals surface area contributed by atoms with Gasteiger partial charge in [-0.05, 0) is 30.7 Å². The minimum atomic E-state index is -3.49. The lowest BCUT2D eigenvalue weighted by Gasteiger charge is -2.21. The van der Waals surface area contributed by atoms with Crippen LogP contribution in [0.4, 0.5) is 0 Å². The van der Waals surface area contributed by atoms with E-state index in [4.69, 9.17) is 9.47 Å². The van der Waals surface area contributed by atoms with Crippen LogP contribution < -0.4 is 9.47 Å². The Bertz CT molecular complexity index is 937. The Morgan fingerprint density at radius 1 is 1.04 bits per heavy atom. The summed E-state index contributed by atoms with van der Waals surface area (Å²) in [7, 11) is -0.351. The maximum atomic E-state index is 12.3. The van der Waals surface area contributed by atoms with Gasteiger partial charge < -0.3 is 9.47 Å².